The molecule has 1 saturated heterocycles. The van der Waals surface area contributed by atoms with Gasteiger partial charge in [-0.15, -0.1) is 11.8 Å². The van der Waals surface area contributed by atoms with Crippen molar-refractivity contribution in [3.8, 4) is 0 Å². The zero-order chi connectivity index (χ0) is 21.7. The van der Waals surface area contributed by atoms with E-state index >= 15 is 0 Å². The first-order valence-electron chi connectivity index (χ1n) is 12.4. The molecule has 3 unspecified atom stereocenters. The molecule has 2 rings (SSSR count). The van der Waals surface area contributed by atoms with Crippen molar-refractivity contribution in [2.75, 3.05) is 45.4 Å². The van der Waals surface area contributed by atoms with Crippen LogP contribution in [0.1, 0.15) is 79.1 Å². The number of unbranched alkanes of at least 4 members (excludes halogenated alkanes) is 2. The third-order valence-electron chi connectivity index (χ3n) is 6.51. The van der Waals surface area contributed by atoms with E-state index in [4.69, 9.17) is 18.9 Å². The van der Waals surface area contributed by atoms with Gasteiger partial charge >= 0.3 is 0 Å². The molecule has 0 aromatic carbocycles. The van der Waals surface area contributed by atoms with Gasteiger partial charge in [0.05, 0.1) is 25.2 Å². The van der Waals surface area contributed by atoms with Crippen LogP contribution in [0.15, 0.2) is 11.2 Å². The molecule has 0 saturated carbocycles. The van der Waals surface area contributed by atoms with Crippen LogP contribution in [0.2, 0.25) is 0 Å². The largest absolute Gasteiger partial charge is 0.494 e. The minimum atomic E-state index is -0.220. The maximum Gasteiger partial charge on any atom is 0.132 e. The Morgan fingerprint density at radius 1 is 0.967 bits per heavy atom. The fourth-order valence-corrected chi connectivity index (χ4v) is 4.99. The fraction of sp³-hybridized carbons (Fsp3) is 0.920. The van der Waals surface area contributed by atoms with Crippen molar-refractivity contribution >= 4 is 11.8 Å². The highest BCUT2D eigenvalue weighted by Crippen LogP contribution is 2.34. The van der Waals surface area contributed by atoms with E-state index in [1.165, 1.54) is 51.4 Å². The van der Waals surface area contributed by atoms with Crippen molar-refractivity contribution in [3.63, 3.8) is 0 Å². The van der Waals surface area contributed by atoms with E-state index in [0.29, 0.717) is 38.3 Å². The first-order chi connectivity index (χ1) is 14.7. The lowest BCUT2D eigenvalue weighted by Crippen LogP contribution is -2.41. The lowest BCUT2D eigenvalue weighted by atomic mass is 9.91. The number of rotatable bonds is 16. The van der Waals surface area contributed by atoms with Crippen LogP contribution >= 0.6 is 11.8 Å². The highest BCUT2D eigenvalue weighted by molar-refractivity contribution is 8.02. The van der Waals surface area contributed by atoms with Crippen molar-refractivity contribution in [2.24, 2.45) is 17.3 Å². The summed E-state index contributed by atoms with van der Waals surface area (Å²) in [4.78, 5) is 0. The Balaban J connectivity index is 1.90. The van der Waals surface area contributed by atoms with Gasteiger partial charge in [0, 0.05) is 24.4 Å². The molecule has 0 aromatic heterocycles. The van der Waals surface area contributed by atoms with Crippen LogP contribution in [0.4, 0.5) is 0 Å². The third kappa shape index (κ3) is 8.72. The maximum absolute atomic E-state index is 6.29. The van der Waals surface area contributed by atoms with Gasteiger partial charge in [0.25, 0.3) is 0 Å². The summed E-state index contributed by atoms with van der Waals surface area (Å²) in [5, 5.41) is 2.11. The summed E-state index contributed by atoms with van der Waals surface area (Å²) in [5.41, 5.74) is -0.220. The Bertz CT molecular complexity index is 460. The molecular weight excluding hydrogens is 396 g/mol. The lowest BCUT2D eigenvalue weighted by Gasteiger charge is -2.32. The summed E-state index contributed by atoms with van der Waals surface area (Å²) in [6.07, 6.45) is 10.0. The highest BCUT2D eigenvalue weighted by atomic mass is 32.2. The Labute approximate surface area is 189 Å². The summed E-state index contributed by atoms with van der Waals surface area (Å²) in [6, 6.07) is 0. The monoisotopic (exact) mass is 442 g/mol. The van der Waals surface area contributed by atoms with E-state index in [0.717, 1.165) is 24.7 Å². The average Bonchev–Trinajstić information content (AvgIpc) is 3.16. The van der Waals surface area contributed by atoms with Crippen molar-refractivity contribution in [2.45, 2.75) is 85.2 Å². The molecule has 0 radical (unpaired) electrons. The smallest absolute Gasteiger partial charge is 0.132 e. The number of fused-ring (bicyclic) bond motifs is 1. The summed E-state index contributed by atoms with van der Waals surface area (Å²) in [6.45, 7) is 13.3. The minimum absolute atomic E-state index is 0.0952. The van der Waals surface area contributed by atoms with Crippen LogP contribution in [-0.4, -0.2) is 51.5 Å². The Kier molecular flexibility index (Phi) is 12.8. The SMILES string of the molecule is CCCCC(CC)COCC1(COCC(CC)CCCC)COC2=CSCC2OC1. The predicted octanol–water partition coefficient (Wildman–Crippen LogP) is 6.44. The molecule has 5 heteroatoms. The Hall–Kier alpha value is -0.230. The zero-order valence-electron chi connectivity index (χ0n) is 20.0. The van der Waals surface area contributed by atoms with Gasteiger partial charge in [0.2, 0.25) is 0 Å². The lowest BCUT2D eigenvalue weighted by molar-refractivity contribution is -0.0891. The molecule has 4 nitrogen and oxygen atoms in total. The van der Waals surface area contributed by atoms with Crippen molar-refractivity contribution in [1.29, 1.82) is 0 Å². The van der Waals surface area contributed by atoms with Crippen LogP contribution in [-0.2, 0) is 18.9 Å². The summed E-state index contributed by atoms with van der Waals surface area (Å²) in [7, 11) is 0. The molecule has 176 valence electrons. The molecule has 0 spiro atoms. The Morgan fingerprint density at radius 3 is 2.10 bits per heavy atom. The second-order valence-corrected chi connectivity index (χ2v) is 10.2. The first-order valence-corrected chi connectivity index (χ1v) is 13.4. The van der Waals surface area contributed by atoms with Gasteiger partial charge in [0.15, 0.2) is 0 Å². The molecule has 2 heterocycles. The minimum Gasteiger partial charge on any atom is -0.494 e. The molecule has 0 N–H and O–H groups in total. The van der Waals surface area contributed by atoms with E-state index < -0.39 is 0 Å². The average molecular weight is 443 g/mol. The van der Waals surface area contributed by atoms with Crippen LogP contribution < -0.4 is 0 Å². The third-order valence-corrected chi connectivity index (χ3v) is 7.40. The van der Waals surface area contributed by atoms with Crippen LogP contribution in [0.25, 0.3) is 0 Å². The molecule has 2 aliphatic heterocycles. The van der Waals surface area contributed by atoms with Crippen LogP contribution in [0.5, 0.6) is 0 Å². The molecule has 0 amide bonds. The summed E-state index contributed by atoms with van der Waals surface area (Å²) >= 11 is 1.78. The topological polar surface area (TPSA) is 36.9 Å². The van der Waals surface area contributed by atoms with E-state index in [1.54, 1.807) is 11.8 Å². The second kappa shape index (κ2) is 14.8. The van der Waals surface area contributed by atoms with E-state index in [-0.39, 0.29) is 11.5 Å². The molecular formula is C25H46O4S. The molecule has 30 heavy (non-hydrogen) atoms. The zero-order valence-corrected chi connectivity index (χ0v) is 20.8. The number of hydrogen-bond acceptors (Lipinski definition) is 5. The quantitative estimate of drug-likeness (QED) is 0.275. The predicted molar refractivity (Wildman–Crippen MR) is 127 cm³/mol. The van der Waals surface area contributed by atoms with Gasteiger partial charge in [-0.2, -0.15) is 0 Å². The molecule has 2 aliphatic rings. The van der Waals surface area contributed by atoms with Gasteiger partial charge in [-0.25, -0.2) is 0 Å². The van der Waals surface area contributed by atoms with E-state index in [9.17, 15) is 0 Å². The van der Waals surface area contributed by atoms with Crippen molar-refractivity contribution in [1.82, 2.24) is 0 Å². The van der Waals surface area contributed by atoms with E-state index in [1.807, 2.05) is 0 Å². The molecule has 0 aromatic rings. The fourth-order valence-electron chi connectivity index (χ4n) is 4.08. The van der Waals surface area contributed by atoms with E-state index in [2.05, 4.69) is 33.1 Å². The standard InChI is InChI=1S/C25H46O4S/c1-5-9-11-21(7-3)13-26-17-25(18-27-14-22(8-4)12-10-6-2)19-28-23-15-30-16-24(23)29-20-25/h15,21-22,24H,5-14,16-20H2,1-4H3. The van der Waals surface area contributed by atoms with Crippen molar-refractivity contribution < 1.29 is 18.9 Å². The number of thioether (sulfide) groups is 1. The number of ether oxygens (including phenoxy) is 4. The summed E-state index contributed by atoms with van der Waals surface area (Å²) in [5.74, 6) is 3.24. The number of hydrogen-bond donors (Lipinski definition) is 0. The van der Waals surface area contributed by atoms with Crippen molar-refractivity contribution in [3.05, 3.63) is 11.2 Å². The molecule has 1 fully saturated rings. The second-order valence-electron chi connectivity index (χ2n) is 9.31. The van der Waals surface area contributed by atoms with Gasteiger partial charge in [-0.3, -0.25) is 0 Å². The van der Waals surface area contributed by atoms with Crippen LogP contribution in [0, 0.1) is 17.3 Å². The van der Waals surface area contributed by atoms with Gasteiger partial charge < -0.3 is 18.9 Å². The normalized spacial score (nSPS) is 25.9. The maximum atomic E-state index is 6.29. The molecule has 0 aliphatic carbocycles. The summed E-state index contributed by atoms with van der Waals surface area (Å²) < 4.78 is 25.0. The van der Waals surface area contributed by atoms with Gasteiger partial charge in [0.1, 0.15) is 18.5 Å². The van der Waals surface area contributed by atoms with Gasteiger partial charge in [-0.05, 0) is 24.7 Å². The first kappa shape index (κ1) is 26.0. The Morgan fingerprint density at radius 2 is 1.57 bits per heavy atom. The highest BCUT2D eigenvalue weighted by Gasteiger charge is 2.39. The van der Waals surface area contributed by atoms with Gasteiger partial charge in [-0.1, -0.05) is 66.2 Å². The molecule has 3 atom stereocenters. The van der Waals surface area contributed by atoms with Crippen LogP contribution in [0.3, 0.4) is 0 Å². The molecule has 0 bridgehead atoms.